The van der Waals surface area contributed by atoms with Crippen molar-refractivity contribution in [3.05, 3.63) is 59.1 Å². The van der Waals surface area contributed by atoms with Crippen LogP contribution in [0.2, 0.25) is 5.02 Å². The largest absolute Gasteiger partial charge is 0.387 e. The second kappa shape index (κ2) is 5.27. The molecule has 0 fully saturated rings. The third-order valence-electron chi connectivity index (χ3n) is 3.05. The molecule has 1 aliphatic heterocycles. The van der Waals surface area contributed by atoms with Crippen LogP contribution >= 0.6 is 23.4 Å². The van der Waals surface area contributed by atoms with Crippen LogP contribution in [-0.4, -0.2) is 5.84 Å². The number of halogens is 1. The minimum atomic E-state index is 0.209. The van der Waals surface area contributed by atoms with E-state index in [-0.39, 0.29) is 5.25 Å². The number of nitrogens with zero attached hydrogens (tertiary/aromatic N) is 1. The molecule has 0 bridgehead atoms. The van der Waals surface area contributed by atoms with Gasteiger partial charge in [0.25, 0.3) is 0 Å². The topological polar surface area (TPSA) is 38.4 Å². The number of hydrogen-bond donors (Lipinski definition) is 1. The first-order valence-electron chi connectivity index (χ1n) is 6.07. The molecule has 2 aromatic rings. The fourth-order valence-corrected chi connectivity index (χ4v) is 3.76. The van der Waals surface area contributed by atoms with E-state index in [1.807, 2.05) is 36.4 Å². The van der Waals surface area contributed by atoms with Gasteiger partial charge in [0.1, 0.15) is 5.84 Å². The van der Waals surface area contributed by atoms with Gasteiger partial charge in [0.15, 0.2) is 0 Å². The van der Waals surface area contributed by atoms with Crippen molar-refractivity contribution in [1.82, 2.24) is 0 Å². The Morgan fingerprint density at radius 1 is 1.11 bits per heavy atom. The molecule has 1 heterocycles. The molecule has 1 atom stereocenters. The van der Waals surface area contributed by atoms with Crippen LogP contribution in [0.25, 0.3) is 0 Å². The quantitative estimate of drug-likeness (QED) is 0.835. The summed E-state index contributed by atoms with van der Waals surface area (Å²) < 4.78 is 0. The van der Waals surface area contributed by atoms with E-state index >= 15 is 0 Å². The van der Waals surface area contributed by atoms with Crippen LogP contribution < -0.4 is 5.73 Å². The Balaban J connectivity index is 2.03. The van der Waals surface area contributed by atoms with E-state index in [0.717, 1.165) is 21.2 Å². The van der Waals surface area contributed by atoms with Gasteiger partial charge in [0.2, 0.25) is 0 Å². The molecule has 4 heteroatoms. The molecule has 2 N–H and O–H groups in total. The van der Waals surface area contributed by atoms with Crippen molar-refractivity contribution in [3.8, 4) is 0 Å². The minimum absolute atomic E-state index is 0.209. The number of aliphatic imine (C=N–C) groups is 1. The van der Waals surface area contributed by atoms with Crippen LogP contribution in [0.15, 0.2) is 58.4 Å². The fraction of sp³-hybridized carbons (Fsp3) is 0.133. The Morgan fingerprint density at radius 3 is 2.68 bits per heavy atom. The van der Waals surface area contributed by atoms with Gasteiger partial charge in [-0.3, -0.25) is 0 Å². The third kappa shape index (κ3) is 2.62. The normalized spacial score (nSPS) is 18.4. The fourth-order valence-electron chi connectivity index (χ4n) is 2.14. The van der Waals surface area contributed by atoms with Crippen LogP contribution in [-0.2, 0) is 0 Å². The van der Waals surface area contributed by atoms with Gasteiger partial charge >= 0.3 is 0 Å². The molecule has 1 unspecified atom stereocenters. The van der Waals surface area contributed by atoms with Crippen molar-refractivity contribution in [1.29, 1.82) is 0 Å². The number of fused-ring (bicyclic) bond motifs is 1. The van der Waals surface area contributed by atoms with Gasteiger partial charge in [-0.25, -0.2) is 4.99 Å². The number of rotatable bonds is 1. The van der Waals surface area contributed by atoms with E-state index in [1.165, 1.54) is 0 Å². The summed E-state index contributed by atoms with van der Waals surface area (Å²) in [5.74, 6) is 0.655. The molecule has 0 aliphatic carbocycles. The summed E-state index contributed by atoms with van der Waals surface area (Å²) in [5, 5.41) is 0.994. The summed E-state index contributed by atoms with van der Waals surface area (Å²) in [6.45, 7) is 0. The number of hydrogen-bond acceptors (Lipinski definition) is 3. The smallest absolute Gasteiger partial charge is 0.101 e. The summed E-state index contributed by atoms with van der Waals surface area (Å²) in [4.78, 5) is 5.62. The van der Waals surface area contributed by atoms with Crippen LogP contribution in [0.3, 0.4) is 0 Å². The summed E-state index contributed by atoms with van der Waals surface area (Å²) in [5.41, 5.74) is 8.08. The minimum Gasteiger partial charge on any atom is -0.387 e. The van der Waals surface area contributed by atoms with E-state index in [1.54, 1.807) is 11.8 Å². The molecule has 0 saturated heterocycles. The first-order valence-corrected chi connectivity index (χ1v) is 7.33. The van der Waals surface area contributed by atoms with Crippen molar-refractivity contribution >= 4 is 34.9 Å². The average molecular weight is 289 g/mol. The monoisotopic (exact) mass is 288 g/mol. The lowest BCUT2D eigenvalue weighted by molar-refractivity contribution is 1.00. The molecule has 0 radical (unpaired) electrons. The molecule has 0 amide bonds. The van der Waals surface area contributed by atoms with Crippen LogP contribution in [0.4, 0.5) is 5.69 Å². The van der Waals surface area contributed by atoms with Crippen molar-refractivity contribution < 1.29 is 0 Å². The van der Waals surface area contributed by atoms with Crippen molar-refractivity contribution in [2.45, 2.75) is 16.6 Å². The molecule has 2 aromatic carbocycles. The molecule has 0 saturated carbocycles. The van der Waals surface area contributed by atoms with Crippen LogP contribution in [0.5, 0.6) is 0 Å². The Morgan fingerprint density at radius 2 is 1.84 bits per heavy atom. The number of amidine groups is 1. The molecular weight excluding hydrogens is 276 g/mol. The zero-order valence-corrected chi connectivity index (χ0v) is 11.8. The second-order valence-electron chi connectivity index (χ2n) is 4.40. The highest BCUT2D eigenvalue weighted by Gasteiger charge is 2.21. The summed E-state index contributed by atoms with van der Waals surface area (Å²) in [7, 11) is 0. The van der Waals surface area contributed by atoms with Gasteiger partial charge in [0, 0.05) is 21.6 Å². The first-order chi connectivity index (χ1) is 9.24. The first kappa shape index (κ1) is 12.6. The van der Waals surface area contributed by atoms with Crippen molar-refractivity contribution in [2.75, 3.05) is 0 Å². The molecule has 0 aromatic heterocycles. The lowest BCUT2D eigenvalue weighted by Crippen LogP contribution is -2.13. The Bertz CT molecular complexity index is 640. The predicted octanol–water partition coefficient (Wildman–Crippen LogP) is 4.57. The van der Waals surface area contributed by atoms with Gasteiger partial charge in [-0.15, -0.1) is 11.8 Å². The van der Waals surface area contributed by atoms with E-state index in [4.69, 9.17) is 17.3 Å². The lowest BCUT2D eigenvalue weighted by atomic mass is 10.1. The summed E-state index contributed by atoms with van der Waals surface area (Å²) in [6, 6.07) is 16.0. The number of benzene rings is 2. The average Bonchev–Trinajstić information content (AvgIpc) is 2.57. The van der Waals surface area contributed by atoms with Crippen LogP contribution in [0, 0.1) is 0 Å². The number of nitrogens with two attached hydrogens (primary N) is 1. The summed E-state index contributed by atoms with van der Waals surface area (Å²) in [6.07, 6.45) is 0.711. The Kier molecular flexibility index (Phi) is 3.49. The zero-order chi connectivity index (χ0) is 13.2. The van der Waals surface area contributed by atoms with Gasteiger partial charge in [-0.2, -0.15) is 0 Å². The van der Waals surface area contributed by atoms with Gasteiger partial charge < -0.3 is 5.73 Å². The standard InChI is InChI=1S/C15H13ClN2S/c16-11-6-2-1-5-10(11)14-9-15(17)18-12-7-3-4-8-13(12)19-14/h1-8,14H,9H2,(H2,17,18). The van der Waals surface area contributed by atoms with E-state index < -0.39 is 0 Å². The Labute approximate surface area is 121 Å². The zero-order valence-electron chi connectivity index (χ0n) is 10.2. The number of thioether (sulfide) groups is 1. The lowest BCUT2D eigenvalue weighted by Gasteiger charge is -2.16. The summed E-state index contributed by atoms with van der Waals surface area (Å²) >= 11 is 8.06. The van der Waals surface area contributed by atoms with E-state index in [2.05, 4.69) is 17.1 Å². The second-order valence-corrected chi connectivity index (χ2v) is 6.05. The highest BCUT2D eigenvalue weighted by molar-refractivity contribution is 7.99. The molecule has 0 spiro atoms. The van der Waals surface area contributed by atoms with Gasteiger partial charge in [0.05, 0.1) is 5.69 Å². The van der Waals surface area contributed by atoms with Crippen LogP contribution in [0.1, 0.15) is 17.2 Å². The highest BCUT2D eigenvalue weighted by Crippen LogP contribution is 2.45. The highest BCUT2D eigenvalue weighted by atomic mass is 35.5. The van der Waals surface area contributed by atoms with Crippen molar-refractivity contribution in [3.63, 3.8) is 0 Å². The predicted molar refractivity (Wildman–Crippen MR) is 82.4 cm³/mol. The maximum absolute atomic E-state index is 6.29. The maximum Gasteiger partial charge on any atom is 0.101 e. The van der Waals surface area contributed by atoms with E-state index in [0.29, 0.717) is 12.3 Å². The molecule has 1 aliphatic rings. The van der Waals surface area contributed by atoms with Gasteiger partial charge in [-0.05, 0) is 23.8 Å². The molecule has 2 nitrogen and oxygen atoms in total. The molecular formula is C15H13ClN2S. The van der Waals surface area contributed by atoms with Gasteiger partial charge in [-0.1, -0.05) is 41.9 Å². The number of para-hydroxylation sites is 1. The molecule has 96 valence electrons. The van der Waals surface area contributed by atoms with E-state index in [9.17, 15) is 0 Å². The maximum atomic E-state index is 6.29. The molecule has 3 rings (SSSR count). The molecule has 19 heavy (non-hydrogen) atoms. The SMILES string of the molecule is NC1=Nc2ccccc2SC(c2ccccc2Cl)C1. The Hall–Kier alpha value is -1.45. The van der Waals surface area contributed by atoms with Crippen molar-refractivity contribution in [2.24, 2.45) is 10.7 Å². The third-order valence-corrected chi connectivity index (χ3v) is 4.69.